The maximum atomic E-state index is 12.4. The third kappa shape index (κ3) is 3.49. The summed E-state index contributed by atoms with van der Waals surface area (Å²) in [6.45, 7) is 1.12. The van der Waals surface area contributed by atoms with E-state index in [1.807, 2.05) is 0 Å². The number of para-hydroxylation sites is 1. The summed E-state index contributed by atoms with van der Waals surface area (Å²) in [5.41, 5.74) is 5.28. The number of amides is 1. The molecule has 2 N–H and O–H groups in total. The van der Waals surface area contributed by atoms with Gasteiger partial charge in [0.05, 0.1) is 11.0 Å². The molecule has 1 amide bonds. The van der Waals surface area contributed by atoms with Crippen molar-refractivity contribution in [1.82, 2.24) is 4.90 Å². The fourth-order valence-electron chi connectivity index (χ4n) is 2.48. The summed E-state index contributed by atoms with van der Waals surface area (Å²) in [7, 11) is 1.62. The number of likely N-dealkylation sites (N-methyl/N-ethyl adjacent to an activating group) is 1. The second kappa shape index (κ2) is 6.53. The molecule has 1 aromatic carbocycles. The van der Waals surface area contributed by atoms with Gasteiger partial charge in [0.25, 0.3) is 5.91 Å². The number of carbonyl (C=O) groups excluding carboxylic acids is 1. The molecule has 1 aromatic rings. The number of anilines is 1. The third-order valence-electron chi connectivity index (χ3n) is 3.58. The van der Waals surface area contributed by atoms with Gasteiger partial charge in [0.1, 0.15) is 11.3 Å². The predicted molar refractivity (Wildman–Crippen MR) is 78.1 cm³/mol. The highest BCUT2D eigenvalue weighted by atomic mass is 16.6. The van der Waals surface area contributed by atoms with Crippen LogP contribution >= 0.6 is 0 Å². The zero-order chi connectivity index (χ0) is 15.4. The summed E-state index contributed by atoms with van der Waals surface area (Å²) in [5, 5.41) is 11.1. The Hall–Kier alpha value is -2.15. The van der Waals surface area contributed by atoms with Gasteiger partial charge >= 0.3 is 5.69 Å². The molecule has 0 aliphatic carbocycles. The maximum absolute atomic E-state index is 12.4. The minimum absolute atomic E-state index is 0.00633. The lowest BCUT2D eigenvalue weighted by atomic mass is 10.1. The quantitative estimate of drug-likeness (QED) is 0.518. The van der Waals surface area contributed by atoms with Crippen LogP contribution in [0.25, 0.3) is 0 Å². The first-order chi connectivity index (χ1) is 10.0. The lowest BCUT2D eigenvalue weighted by Crippen LogP contribution is -2.37. The predicted octanol–water partition coefficient (Wildman–Crippen LogP) is 1.82. The fourth-order valence-corrected chi connectivity index (χ4v) is 2.48. The van der Waals surface area contributed by atoms with Crippen molar-refractivity contribution in [3.05, 3.63) is 33.9 Å². The van der Waals surface area contributed by atoms with E-state index in [1.165, 1.54) is 17.0 Å². The number of hydrogen-bond donors (Lipinski definition) is 1. The zero-order valence-corrected chi connectivity index (χ0v) is 11.9. The first-order valence-corrected chi connectivity index (χ1v) is 6.90. The molecular formula is C14H19N3O4. The van der Waals surface area contributed by atoms with Gasteiger partial charge in [0, 0.05) is 20.2 Å². The van der Waals surface area contributed by atoms with E-state index in [-0.39, 0.29) is 23.0 Å². The molecule has 7 nitrogen and oxygen atoms in total. The van der Waals surface area contributed by atoms with E-state index in [4.69, 9.17) is 10.5 Å². The van der Waals surface area contributed by atoms with Crippen LogP contribution in [0.2, 0.25) is 0 Å². The summed E-state index contributed by atoms with van der Waals surface area (Å²) >= 11 is 0. The minimum Gasteiger partial charge on any atom is -0.393 e. The van der Waals surface area contributed by atoms with Gasteiger partial charge in [-0.15, -0.1) is 0 Å². The minimum atomic E-state index is -0.618. The number of nitrogens with zero attached hydrogens (tertiary/aromatic N) is 2. The number of hydrogen-bond acceptors (Lipinski definition) is 5. The molecule has 114 valence electrons. The molecule has 1 atom stereocenters. The number of benzene rings is 1. The second-order valence-corrected chi connectivity index (χ2v) is 5.17. The van der Waals surface area contributed by atoms with Crippen LogP contribution in [0.4, 0.5) is 11.4 Å². The lowest BCUT2D eigenvalue weighted by Gasteiger charge is -2.27. The molecule has 1 fully saturated rings. The average molecular weight is 293 g/mol. The normalized spacial score (nSPS) is 18.2. The summed E-state index contributed by atoms with van der Waals surface area (Å²) in [6.07, 6.45) is 3.00. The molecule has 1 aliphatic rings. The van der Waals surface area contributed by atoms with Gasteiger partial charge in [0.15, 0.2) is 0 Å². The number of nitrogen functional groups attached to an aromatic ring is 1. The number of nitrogens with two attached hydrogens (primary N) is 1. The Morgan fingerprint density at radius 2 is 2.29 bits per heavy atom. The Morgan fingerprint density at radius 3 is 2.90 bits per heavy atom. The Balaban J connectivity index is 2.15. The average Bonchev–Trinajstić information content (AvgIpc) is 2.46. The molecule has 0 aromatic heterocycles. The van der Waals surface area contributed by atoms with E-state index in [1.54, 1.807) is 13.1 Å². The van der Waals surface area contributed by atoms with Crippen molar-refractivity contribution in [1.29, 1.82) is 0 Å². The molecule has 1 aliphatic heterocycles. The highest BCUT2D eigenvalue weighted by Crippen LogP contribution is 2.27. The highest BCUT2D eigenvalue weighted by molar-refractivity contribution is 6.00. The van der Waals surface area contributed by atoms with E-state index >= 15 is 0 Å². The zero-order valence-electron chi connectivity index (χ0n) is 11.9. The van der Waals surface area contributed by atoms with Crippen molar-refractivity contribution in [3.63, 3.8) is 0 Å². The van der Waals surface area contributed by atoms with E-state index in [9.17, 15) is 14.9 Å². The molecule has 0 saturated carbocycles. The van der Waals surface area contributed by atoms with Crippen LogP contribution in [0.3, 0.4) is 0 Å². The van der Waals surface area contributed by atoms with Gasteiger partial charge in [-0.2, -0.15) is 0 Å². The molecule has 1 saturated heterocycles. The van der Waals surface area contributed by atoms with Crippen molar-refractivity contribution in [2.45, 2.75) is 25.4 Å². The SMILES string of the molecule is CN(CC1CCCCO1)C(=O)c1cccc(N)c1[N+](=O)[O-]. The monoisotopic (exact) mass is 293 g/mol. The number of carbonyl (C=O) groups is 1. The topological polar surface area (TPSA) is 98.7 Å². The van der Waals surface area contributed by atoms with Gasteiger partial charge in [-0.1, -0.05) is 6.07 Å². The first-order valence-electron chi connectivity index (χ1n) is 6.90. The molecule has 0 bridgehead atoms. The van der Waals surface area contributed by atoms with E-state index in [2.05, 4.69) is 0 Å². The van der Waals surface area contributed by atoms with Crippen LogP contribution in [-0.2, 0) is 4.74 Å². The van der Waals surface area contributed by atoms with Crippen LogP contribution < -0.4 is 5.73 Å². The Bertz CT molecular complexity index is 541. The number of rotatable bonds is 4. The number of nitro benzene ring substituents is 1. The van der Waals surface area contributed by atoms with Crippen LogP contribution in [0.5, 0.6) is 0 Å². The maximum Gasteiger partial charge on any atom is 0.304 e. The summed E-state index contributed by atoms with van der Waals surface area (Å²) in [4.78, 5) is 24.3. The second-order valence-electron chi connectivity index (χ2n) is 5.17. The Labute approximate surface area is 122 Å². The molecule has 0 spiro atoms. The van der Waals surface area contributed by atoms with Gasteiger partial charge in [0.2, 0.25) is 0 Å². The first kappa shape index (κ1) is 15.2. The largest absolute Gasteiger partial charge is 0.393 e. The molecule has 2 rings (SSSR count). The summed E-state index contributed by atoms with van der Waals surface area (Å²) < 4.78 is 5.58. The smallest absolute Gasteiger partial charge is 0.304 e. The lowest BCUT2D eigenvalue weighted by molar-refractivity contribution is -0.384. The van der Waals surface area contributed by atoms with Crippen molar-refractivity contribution in [3.8, 4) is 0 Å². The van der Waals surface area contributed by atoms with Gasteiger partial charge in [-0.3, -0.25) is 14.9 Å². The highest BCUT2D eigenvalue weighted by Gasteiger charge is 2.27. The van der Waals surface area contributed by atoms with Crippen molar-refractivity contribution < 1.29 is 14.5 Å². The van der Waals surface area contributed by atoms with Crippen LogP contribution in [0.1, 0.15) is 29.6 Å². The third-order valence-corrected chi connectivity index (χ3v) is 3.58. The molecule has 1 unspecified atom stereocenters. The van der Waals surface area contributed by atoms with Crippen LogP contribution in [-0.4, -0.2) is 42.0 Å². The van der Waals surface area contributed by atoms with Crippen molar-refractivity contribution >= 4 is 17.3 Å². The summed E-state index contributed by atoms with van der Waals surface area (Å²) in [5.74, 6) is -0.414. The Morgan fingerprint density at radius 1 is 1.52 bits per heavy atom. The van der Waals surface area contributed by atoms with Gasteiger partial charge in [-0.25, -0.2) is 0 Å². The van der Waals surface area contributed by atoms with E-state index in [0.29, 0.717) is 13.2 Å². The number of ether oxygens (including phenoxy) is 1. The summed E-state index contributed by atoms with van der Waals surface area (Å²) in [6, 6.07) is 4.38. The molecular weight excluding hydrogens is 274 g/mol. The Kier molecular flexibility index (Phi) is 4.74. The standard InChI is InChI=1S/C14H19N3O4/c1-16(9-10-5-2-3-8-21-10)14(18)11-6-4-7-12(15)13(11)17(19)20/h4,6-7,10H,2-3,5,8-9,15H2,1H3. The van der Waals surface area contributed by atoms with E-state index in [0.717, 1.165) is 19.3 Å². The van der Waals surface area contributed by atoms with Crippen LogP contribution in [0, 0.1) is 10.1 Å². The molecule has 7 heteroatoms. The molecule has 0 radical (unpaired) electrons. The number of nitro groups is 1. The van der Waals surface area contributed by atoms with Gasteiger partial charge in [-0.05, 0) is 31.4 Å². The van der Waals surface area contributed by atoms with Gasteiger partial charge < -0.3 is 15.4 Å². The van der Waals surface area contributed by atoms with Crippen LogP contribution in [0.15, 0.2) is 18.2 Å². The molecule has 21 heavy (non-hydrogen) atoms. The van der Waals surface area contributed by atoms with E-state index < -0.39 is 10.8 Å². The van der Waals surface area contributed by atoms with Crippen molar-refractivity contribution in [2.24, 2.45) is 0 Å². The van der Waals surface area contributed by atoms with Crippen molar-refractivity contribution in [2.75, 3.05) is 25.9 Å². The molecule has 1 heterocycles. The fraction of sp³-hybridized carbons (Fsp3) is 0.500.